The van der Waals surface area contributed by atoms with Crippen LogP contribution in [0, 0.1) is 0 Å². The van der Waals surface area contributed by atoms with Crippen LogP contribution in [0.15, 0.2) is 12.1 Å². The third kappa shape index (κ3) is 4.81. The van der Waals surface area contributed by atoms with E-state index in [-0.39, 0.29) is 21.3 Å². The Kier molecular flexibility index (Phi) is 6.27. The zero-order valence-corrected chi connectivity index (χ0v) is 12.3. The SMILES string of the molecule is CSCCNC(=O)Nc1c(Cl)cc(Cl)cc1C(=O)O. The lowest BCUT2D eigenvalue weighted by Crippen LogP contribution is -2.31. The summed E-state index contributed by atoms with van der Waals surface area (Å²) in [5.41, 5.74) is -0.127. The van der Waals surface area contributed by atoms with E-state index in [1.807, 2.05) is 6.26 Å². The first-order valence-corrected chi connectivity index (χ1v) is 7.36. The zero-order valence-electron chi connectivity index (χ0n) is 10.00. The Morgan fingerprint density at radius 3 is 2.63 bits per heavy atom. The molecule has 0 aliphatic heterocycles. The van der Waals surface area contributed by atoms with Crippen LogP contribution in [0.4, 0.5) is 10.5 Å². The molecule has 0 aromatic heterocycles. The second kappa shape index (κ2) is 7.47. The first-order chi connectivity index (χ1) is 8.95. The second-order valence-corrected chi connectivity index (χ2v) is 5.32. The molecule has 0 fully saturated rings. The van der Waals surface area contributed by atoms with Crippen molar-refractivity contribution < 1.29 is 14.7 Å². The maximum absolute atomic E-state index is 11.6. The Balaban J connectivity index is 2.88. The van der Waals surface area contributed by atoms with Crippen molar-refractivity contribution in [3.05, 3.63) is 27.7 Å². The molecule has 1 rings (SSSR count). The summed E-state index contributed by atoms with van der Waals surface area (Å²) in [6.07, 6.45) is 1.91. The molecule has 0 bridgehead atoms. The molecule has 0 spiro atoms. The average molecular weight is 323 g/mol. The topological polar surface area (TPSA) is 78.4 Å². The summed E-state index contributed by atoms with van der Waals surface area (Å²) in [6.45, 7) is 0.473. The molecule has 0 radical (unpaired) electrons. The van der Waals surface area contributed by atoms with Gasteiger partial charge < -0.3 is 15.7 Å². The summed E-state index contributed by atoms with van der Waals surface area (Å²) in [5, 5.41) is 14.3. The maximum Gasteiger partial charge on any atom is 0.337 e. The predicted molar refractivity (Wildman–Crippen MR) is 78.8 cm³/mol. The maximum atomic E-state index is 11.6. The Bertz CT molecular complexity index is 497. The van der Waals surface area contributed by atoms with Crippen molar-refractivity contribution in [1.29, 1.82) is 0 Å². The van der Waals surface area contributed by atoms with Gasteiger partial charge in [0.05, 0.1) is 16.3 Å². The van der Waals surface area contributed by atoms with E-state index in [2.05, 4.69) is 10.6 Å². The zero-order chi connectivity index (χ0) is 14.4. The number of carbonyl (C=O) groups is 2. The Labute approximate surface area is 124 Å². The lowest BCUT2D eigenvalue weighted by molar-refractivity contribution is 0.0698. The van der Waals surface area contributed by atoms with E-state index in [9.17, 15) is 9.59 Å². The van der Waals surface area contributed by atoms with Crippen LogP contribution in [0.1, 0.15) is 10.4 Å². The number of thioether (sulfide) groups is 1. The Morgan fingerprint density at radius 2 is 2.05 bits per heavy atom. The molecule has 1 aromatic rings. The van der Waals surface area contributed by atoms with Crippen molar-refractivity contribution in [3.8, 4) is 0 Å². The third-order valence-electron chi connectivity index (χ3n) is 2.12. The van der Waals surface area contributed by atoms with Crippen LogP contribution in [0.2, 0.25) is 10.0 Å². The van der Waals surface area contributed by atoms with Gasteiger partial charge in [-0.2, -0.15) is 11.8 Å². The summed E-state index contributed by atoms with van der Waals surface area (Å²) < 4.78 is 0. The fourth-order valence-corrected chi connectivity index (χ4v) is 2.14. The highest BCUT2D eigenvalue weighted by atomic mass is 35.5. The molecule has 104 valence electrons. The van der Waals surface area contributed by atoms with Crippen molar-refractivity contribution in [1.82, 2.24) is 5.32 Å². The lowest BCUT2D eigenvalue weighted by atomic mass is 10.2. The van der Waals surface area contributed by atoms with Gasteiger partial charge in [0.15, 0.2) is 0 Å². The summed E-state index contributed by atoms with van der Waals surface area (Å²) >= 11 is 13.2. The normalized spacial score (nSPS) is 10.1. The van der Waals surface area contributed by atoms with Crippen molar-refractivity contribution in [3.63, 3.8) is 0 Å². The van der Waals surface area contributed by atoms with Crippen LogP contribution in [0.5, 0.6) is 0 Å². The molecule has 2 amide bonds. The van der Waals surface area contributed by atoms with Crippen LogP contribution < -0.4 is 10.6 Å². The van der Waals surface area contributed by atoms with Crippen molar-refractivity contribution in [2.75, 3.05) is 23.9 Å². The second-order valence-electron chi connectivity index (χ2n) is 3.49. The molecular formula is C11H12Cl2N2O3S. The number of carbonyl (C=O) groups excluding carboxylic acids is 1. The van der Waals surface area contributed by atoms with Gasteiger partial charge in [0, 0.05) is 17.3 Å². The van der Waals surface area contributed by atoms with Crippen LogP contribution in [0.3, 0.4) is 0 Å². The summed E-state index contributed by atoms with van der Waals surface area (Å²) in [6, 6.07) is 2.08. The van der Waals surface area contributed by atoms with E-state index in [0.717, 1.165) is 5.75 Å². The van der Waals surface area contributed by atoms with Gasteiger partial charge in [-0.1, -0.05) is 23.2 Å². The van der Waals surface area contributed by atoms with E-state index < -0.39 is 12.0 Å². The molecule has 0 aliphatic rings. The molecule has 0 unspecified atom stereocenters. The molecular weight excluding hydrogens is 311 g/mol. The van der Waals surface area contributed by atoms with Gasteiger partial charge in [-0.3, -0.25) is 0 Å². The van der Waals surface area contributed by atoms with Gasteiger partial charge in [0.2, 0.25) is 0 Å². The Morgan fingerprint density at radius 1 is 1.37 bits per heavy atom. The number of benzene rings is 1. The van der Waals surface area contributed by atoms with E-state index in [0.29, 0.717) is 6.54 Å². The highest BCUT2D eigenvalue weighted by molar-refractivity contribution is 7.98. The van der Waals surface area contributed by atoms with Crippen LogP contribution in [-0.2, 0) is 0 Å². The van der Waals surface area contributed by atoms with Crippen molar-refractivity contribution in [2.24, 2.45) is 0 Å². The highest BCUT2D eigenvalue weighted by Crippen LogP contribution is 2.30. The average Bonchev–Trinajstić information content (AvgIpc) is 2.32. The number of aromatic carboxylic acids is 1. The number of amides is 2. The minimum Gasteiger partial charge on any atom is -0.478 e. The molecule has 0 aliphatic carbocycles. The standard InChI is InChI=1S/C11H12Cl2N2O3S/c1-19-3-2-14-11(18)15-9-7(10(16)17)4-6(12)5-8(9)13/h4-5H,2-3H2,1H3,(H,16,17)(H2,14,15,18). The first kappa shape index (κ1) is 15.9. The fourth-order valence-electron chi connectivity index (χ4n) is 1.29. The minimum atomic E-state index is -1.22. The quantitative estimate of drug-likeness (QED) is 0.727. The number of halogens is 2. The third-order valence-corrected chi connectivity index (χ3v) is 3.24. The van der Waals surface area contributed by atoms with Crippen LogP contribution in [-0.4, -0.2) is 35.7 Å². The van der Waals surface area contributed by atoms with Crippen LogP contribution >= 0.6 is 35.0 Å². The van der Waals surface area contributed by atoms with E-state index in [4.69, 9.17) is 28.3 Å². The number of hydrogen-bond donors (Lipinski definition) is 3. The van der Waals surface area contributed by atoms with Gasteiger partial charge in [-0.05, 0) is 18.4 Å². The number of urea groups is 1. The Hall–Kier alpha value is -1.11. The highest BCUT2D eigenvalue weighted by Gasteiger charge is 2.17. The lowest BCUT2D eigenvalue weighted by Gasteiger charge is -2.11. The molecule has 0 saturated carbocycles. The molecule has 0 saturated heterocycles. The molecule has 8 heteroatoms. The summed E-state index contributed by atoms with van der Waals surface area (Å²) in [7, 11) is 0. The molecule has 1 aromatic carbocycles. The largest absolute Gasteiger partial charge is 0.478 e. The molecule has 5 nitrogen and oxygen atoms in total. The number of rotatable bonds is 5. The van der Waals surface area contributed by atoms with Gasteiger partial charge in [-0.15, -0.1) is 0 Å². The predicted octanol–water partition coefficient (Wildman–Crippen LogP) is 3.18. The van der Waals surface area contributed by atoms with Crippen molar-refractivity contribution in [2.45, 2.75) is 0 Å². The van der Waals surface area contributed by atoms with Crippen molar-refractivity contribution >= 4 is 52.7 Å². The van der Waals surface area contributed by atoms with Crippen LogP contribution in [0.25, 0.3) is 0 Å². The van der Waals surface area contributed by atoms with Gasteiger partial charge in [0.1, 0.15) is 0 Å². The number of nitrogens with one attached hydrogen (secondary N) is 2. The van der Waals surface area contributed by atoms with E-state index in [1.165, 1.54) is 12.1 Å². The number of carboxylic acids is 1. The number of anilines is 1. The van der Waals surface area contributed by atoms with E-state index in [1.54, 1.807) is 11.8 Å². The summed E-state index contributed by atoms with van der Waals surface area (Å²) in [4.78, 5) is 22.7. The fraction of sp³-hybridized carbons (Fsp3) is 0.273. The molecule has 0 heterocycles. The van der Waals surface area contributed by atoms with Gasteiger partial charge in [-0.25, -0.2) is 9.59 Å². The van der Waals surface area contributed by atoms with Gasteiger partial charge >= 0.3 is 12.0 Å². The monoisotopic (exact) mass is 322 g/mol. The van der Waals surface area contributed by atoms with Gasteiger partial charge in [0.25, 0.3) is 0 Å². The molecule has 0 atom stereocenters. The first-order valence-electron chi connectivity index (χ1n) is 5.21. The van der Waals surface area contributed by atoms with E-state index >= 15 is 0 Å². The molecule has 19 heavy (non-hydrogen) atoms. The minimum absolute atomic E-state index is 0.0280. The number of hydrogen-bond acceptors (Lipinski definition) is 3. The molecule has 3 N–H and O–H groups in total. The summed E-state index contributed by atoms with van der Waals surface area (Å²) in [5.74, 6) is -0.461. The smallest absolute Gasteiger partial charge is 0.337 e. The number of carboxylic acid groups (broad SMARTS) is 1.